The zero-order chi connectivity index (χ0) is 11.8. The summed E-state index contributed by atoms with van der Waals surface area (Å²) < 4.78 is 0. The minimum Gasteiger partial charge on any atom is -0.314 e. The number of nitrogens with zero attached hydrogens (tertiary/aromatic N) is 1. The van der Waals surface area contributed by atoms with E-state index < -0.39 is 0 Å². The molecule has 0 aromatic carbocycles. The fourth-order valence-electron chi connectivity index (χ4n) is 1.75. The Hall–Kier alpha value is -0.0800. The van der Waals surface area contributed by atoms with Crippen LogP contribution in [0.5, 0.6) is 0 Å². The number of nitrogens with one attached hydrogen (secondary N) is 1. The third-order valence-corrected chi connectivity index (χ3v) is 2.66. The SMILES string of the molecule is CCCN(CC(C)CNC(C)C)C(C)C. The number of hydrogen-bond acceptors (Lipinski definition) is 2. The smallest absolute Gasteiger partial charge is 0.00387 e. The van der Waals surface area contributed by atoms with E-state index in [2.05, 4.69) is 51.8 Å². The van der Waals surface area contributed by atoms with Gasteiger partial charge in [-0.2, -0.15) is 0 Å². The summed E-state index contributed by atoms with van der Waals surface area (Å²) in [6, 6.07) is 1.28. The molecule has 0 aliphatic rings. The van der Waals surface area contributed by atoms with Gasteiger partial charge in [0, 0.05) is 18.6 Å². The average Bonchev–Trinajstić information content (AvgIpc) is 2.14. The van der Waals surface area contributed by atoms with E-state index in [0.29, 0.717) is 12.1 Å². The first-order chi connectivity index (χ1) is 6.97. The van der Waals surface area contributed by atoms with Crippen LogP contribution in [0.4, 0.5) is 0 Å². The van der Waals surface area contributed by atoms with Gasteiger partial charge in [0.2, 0.25) is 0 Å². The molecule has 0 bridgehead atoms. The molecule has 2 heteroatoms. The van der Waals surface area contributed by atoms with E-state index in [0.717, 1.165) is 12.5 Å². The van der Waals surface area contributed by atoms with Crippen LogP contribution in [-0.4, -0.2) is 36.6 Å². The van der Waals surface area contributed by atoms with Crippen LogP contribution in [0, 0.1) is 5.92 Å². The van der Waals surface area contributed by atoms with Crippen molar-refractivity contribution in [2.75, 3.05) is 19.6 Å². The van der Waals surface area contributed by atoms with Crippen LogP contribution in [0.3, 0.4) is 0 Å². The fourth-order valence-corrected chi connectivity index (χ4v) is 1.75. The number of rotatable bonds is 8. The Bertz CT molecular complexity index is 143. The molecule has 2 nitrogen and oxygen atoms in total. The molecule has 0 radical (unpaired) electrons. The van der Waals surface area contributed by atoms with Crippen molar-refractivity contribution in [3.63, 3.8) is 0 Å². The predicted molar refractivity (Wildman–Crippen MR) is 69.3 cm³/mol. The Morgan fingerprint density at radius 1 is 1.07 bits per heavy atom. The quantitative estimate of drug-likeness (QED) is 0.668. The van der Waals surface area contributed by atoms with E-state index in [1.807, 2.05) is 0 Å². The van der Waals surface area contributed by atoms with Crippen molar-refractivity contribution in [1.29, 1.82) is 0 Å². The summed E-state index contributed by atoms with van der Waals surface area (Å²) in [6.07, 6.45) is 1.25. The van der Waals surface area contributed by atoms with Gasteiger partial charge in [-0.15, -0.1) is 0 Å². The zero-order valence-corrected chi connectivity index (χ0v) is 11.5. The monoisotopic (exact) mass is 214 g/mol. The van der Waals surface area contributed by atoms with Gasteiger partial charge in [-0.25, -0.2) is 0 Å². The van der Waals surface area contributed by atoms with Gasteiger partial charge >= 0.3 is 0 Å². The van der Waals surface area contributed by atoms with E-state index in [-0.39, 0.29) is 0 Å². The van der Waals surface area contributed by atoms with Crippen LogP contribution < -0.4 is 5.32 Å². The predicted octanol–water partition coefficient (Wildman–Crippen LogP) is 2.74. The van der Waals surface area contributed by atoms with Gasteiger partial charge in [-0.3, -0.25) is 0 Å². The van der Waals surface area contributed by atoms with Gasteiger partial charge in [-0.1, -0.05) is 27.7 Å². The lowest BCUT2D eigenvalue weighted by Crippen LogP contribution is -2.39. The first-order valence-corrected chi connectivity index (χ1v) is 6.44. The first kappa shape index (κ1) is 14.9. The van der Waals surface area contributed by atoms with Gasteiger partial charge in [0.25, 0.3) is 0 Å². The lowest BCUT2D eigenvalue weighted by Gasteiger charge is -2.29. The maximum absolute atomic E-state index is 3.50. The molecule has 0 fully saturated rings. The van der Waals surface area contributed by atoms with Crippen LogP contribution in [-0.2, 0) is 0 Å². The van der Waals surface area contributed by atoms with Crippen LogP contribution in [0.1, 0.15) is 48.0 Å². The Balaban J connectivity index is 3.83. The Morgan fingerprint density at radius 3 is 2.07 bits per heavy atom. The van der Waals surface area contributed by atoms with Crippen molar-refractivity contribution in [1.82, 2.24) is 10.2 Å². The molecule has 0 amide bonds. The van der Waals surface area contributed by atoms with Crippen molar-refractivity contribution in [3.8, 4) is 0 Å². The summed E-state index contributed by atoms with van der Waals surface area (Å²) >= 11 is 0. The van der Waals surface area contributed by atoms with Crippen LogP contribution in [0.25, 0.3) is 0 Å². The molecule has 0 aliphatic heterocycles. The van der Waals surface area contributed by atoms with Crippen molar-refractivity contribution in [2.45, 2.75) is 60.0 Å². The van der Waals surface area contributed by atoms with E-state index in [1.165, 1.54) is 19.5 Å². The summed E-state index contributed by atoms with van der Waals surface area (Å²) in [5.74, 6) is 0.737. The van der Waals surface area contributed by atoms with E-state index in [4.69, 9.17) is 0 Å². The van der Waals surface area contributed by atoms with Crippen molar-refractivity contribution < 1.29 is 0 Å². The number of hydrogen-bond donors (Lipinski definition) is 1. The molecule has 0 saturated carbocycles. The van der Waals surface area contributed by atoms with Gasteiger partial charge < -0.3 is 10.2 Å². The molecule has 0 aromatic rings. The Morgan fingerprint density at radius 2 is 1.67 bits per heavy atom. The van der Waals surface area contributed by atoms with Gasteiger partial charge in [0.15, 0.2) is 0 Å². The highest BCUT2D eigenvalue weighted by Crippen LogP contribution is 2.05. The lowest BCUT2D eigenvalue weighted by atomic mass is 10.1. The molecule has 0 rings (SSSR count). The highest BCUT2D eigenvalue weighted by atomic mass is 15.1. The van der Waals surface area contributed by atoms with Gasteiger partial charge in [0.05, 0.1) is 0 Å². The molecule has 0 heterocycles. The molecule has 0 saturated heterocycles. The molecule has 15 heavy (non-hydrogen) atoms. The third-order valence-electron chi connectivity index (χ3n) is 2.66. The molecule has 0 spiro atoms. The average molecular weight is 214 g/mol. The van der Waals surface area contributed by atoms with E-state index >= 15 is 0 Å². The standard InChI is InChI=1S/C13H30N2/c1-7-8-15(12(4)5)10-13(6)9-14-11(2)3/h11-14H,7-10H2,1-6H3. The summed E-state index contributed by atoms with van der Waals surface area (Å²) in [7, 11) is 0. The normalized spacial score (nSPS) is 14.2. The zero-order valence-electron chi connectivity index (χ0n) is 11.5. The Labute approximate surface area is 96.4 Å². The third kappa shape index (κ3) is 7.80. The van der Waals surface area contributed by atoms with Crippen LogP contribution >= 0.6 is 0 Å². The lowest BCUT2D eigenvalue weighted by molar-refractivity contribution is 0.190. The van der Waals surface area contributed by atoms with E-state index in [1.54, 1.807) is 0 Å². The minimum atomic E-state index is 0.603. The second-order valence-electron chi connectivity index (χ2n) is 5.26. The van der Waals surface area contributed by atoms with Crippen molar-refractivity contribution >= 4 is 0 Å². The highest BCUT2D eigenvalue weighted by Gasteiger charge is 2.12. The van der Waals surface area contributed by atoms with Crippen molar-refractivity contribution in [3.05, 3.63) is 0 Å². The van der Waals surface area contributed by atoms with Crippen molar-refractivity contribution in [2.24, 2.45) is 5.92 Å². The molecule has 1 atom stereocenters. The highest BCUT2D eigenvalue weighted by molar-refractivity contribution is 4.68. The van der Waals surface area contributed by atoms with E-state index in [9.17, 15) is 0 Å². The second-order valence-corrected chi connectivity index (χ2v) is 5.26. The molecule has 0 aromatic heterocycles. The topological polar surface area (TPSA) is 15.3 Å². The summed E-state index contributed by atoms with van der Waals surface area (Å²) in [6.45, 7) is 17.2. The molecular formula is C13H30N2. The molecule has 92 valence electrons. The minimum absolute atomic E-state index is 0.603. The second kappa shape index (κ2) is 8.12. The summed E-state index contributed by atoms with van der Waals surface area (Å²) in [5, 5.41) is 3.50. The van der Waals surface area contributed by atoms with Gasteiger partial charge in [-0.05, 0) is 39.3 Å². The molecule has 0 aliphatic carbocycles. The van der Waals surface area contributed by atoms with Gasteiger partial charge in [0.1, 0.15) is 0 Å². The first-order valence-electron chi connectivity index (χ1n) is 6.44. The maximum atomic E-state index is 3.50. The summed E-state index contributed by atoms with van der Waals surface area (Å²) in [5.41, 5.74) is 0. The fraction of sp³-hybridized carbons (Fsp3) is 1.00. The Kier molecular flexibility index (Phi) is 8.07. The summed E-state index contributed by atoms with van der Waals surface area (Å²) in [4.78, 5) is 2.58. The largest absolute Gasteiger partial charge is 0.314 e. The maximum Gasteiger partial charge on any atom is 0.00387 e. The molecule has 1 unspecified atom stereocenters. The van der Waals surface area contributed by atoms with Crippen LogP contribution in [0.15, 0.2) is 0 Å². The molecule has 1 N–H and O–H groups in total. The molecular weight excluding hydrogens is 184 g/mol. The van der Waals surface area contributed by atoms with Crippen LogP contribution in [0.2, 0.25) is 0 Å².